The second-order valence-electron chi connectivity index (χ2n) is 3.10. The molecule has 0 fully saturated rings. The van der Waals surface area contributed by atoms with Gasteiger partial charge in [-0.05, 0) is 31.2 Å². The quantitative estimate of drug-likeness (QED) is 0.817. The highest BCUT2D eigenvalue weighted by Gasteiger charge is 1.96. The Labute approximate surface area is 87.3 Å². The van der Waals surface area contributed by atoms with E-state index in [1.165, 1.54) is 5.56 Å². The van der Waals surface area contributed by atoms with E-state index >= 15 is 0 Å². The molecular weight excluding hydrogens is 230 g/mol. The first-order chi connectivity index (χ1) is 6.22. The maximum absolute atomic E-state index is 8.78. The summed E-state index contributed by atoms with van der Waals surface area (Å²) >= 11 is 3.39. The van der Waals surface area contributed by atoms with Crippen molar-refractivity contribution in [2.45, 2.75) is 6.42 Å². The highest BCUT2D eigenvalue weighted by Crippen LogP contribution is 2.10. The zero-order valence-electron chi connectivity index (χ0n) is 7.70. The molecule has 0 saturated carbocycles. The Hall–Kier alpha value is -0.380. The number of aliphatic hydroxyl groups excluding tert-OH is 1. The first kappa shape index (κ1) is 10.7. The maximum Gasteiger partial charge on any atom is 0.0954 e. The summed E-state index contributed by atoms with van der Waals surface area (Å²) in [5, 5.41) is 8.78. The van der Waals surface area contributed by atoms with Crippen LogP contribution in [-0.2, 0) is 6.42 Å². The Morgan fingerprint density at radius 1 is 1.31 bits per heavy atom. The first-order valence-corrected chi connectivity index (χ1v) is 5.05. The Bertz CT molecular complexity index is 248. The van der Waals surface area contributed by atoms with Crippen molar-refractivity contribution in [3.8, 4) is 0 Å². The van der Waals surface area contributed by atoms with Crippen molar-refractivity contribution in [3.05, 3.63) is 34.3 Å². The second kappa shape index (κ2) is 5.37. The summed E-state index contributed by atoms with van der Waals surface area (Å²) in [5.41, 5.74) is 1.29. The molecule has 1 aromatic carbocycles. The zero-order chi connectivity index (χ0) is 9.68. The van der Waals surface area contributed by atoms with Gasteiger partial charge in [-0.25, -0.2) is 0 Å². The summed E-state index contributed by atoms with van der Waals surface area (Å²) in [5.74, 6) is 0. The van der Waals surface area contributed by atoms with Crippen LogP contribution in [-0.4, -0.2) is 30.3 Å². The number of rotatable bonds is 4. The largest absolute Gasteiger partial charge is 0.381 e. The Morgan fingerprint density at radius 3 is 2.46 bits per heavy atom. The molecule has 3 heteroatoms. The standard InChI is InChI=1S/C10H14BrNO/c1-12(8-13)7-6-9-2-4-10(11)5-3-9/h2-5,13H,6-8H2,1H3. The van der Waals surface area contributed by atoms with Gasteiger partial charge in [-0.1, -0.05) is 28.1 Å². The van der Waals surface area contributed by atoms with E-state index in [4.69, 9.17) is 5.11 Å². The zero-order valence-corrected chi connectivity index (χ0v) is 9.29. The number of nitrogens with zero attached hydrogens (tertiary/aromatic N) is 1. The molecule has 0 aliphatic heterocycles. The van der Waals surface area contributed by atoms with Crippen LogP contribution in [0.1, 0.15) is 5.56 Å². The monoisotopic (exact) mass is 243 g/mol. The van der Waals surface area contributed by atoms with E-state index in [-0.39, 0.29) is 6.73 Å². The third-order valence-corrected chi connectivity index (χ3v) is 2.47. The van der Waals surface area contributed by atoms with Gasteiger partial charge in [-0.2, -0.15) is 0 Å². The van der Waals surface area contributed by atoms with Crippen molar-refractivity contribution < 1.29 is 5.11 Å². The molecule has 0 saturated heterocycles. The van der Waals surface area contributed by atoms with E-state index in [1.54, 1.807) is 0 Å². The van der Waals surface area contributed by atoms with Crippen LogP contribution >= 0.6 is 15.9 Å². The van der Waals surface area contributed by atoms with Gasteiger partial charge in [0.05, 0.1) is 6.73 Å². The molecule has 1 aromatic rings. The van der Waals surface area contributed by atoms with Crippen molar-refractivity contribution in [1.82, 2.24) is 4.90 Å². The average molecular weight is 244 g/mol. The predicted molar refractivity (Wildman–Crippen MR) is 57.6 cm³/mol. The fraction of sp³-hybridized carbons (Fsp3) is 0.400. The maximum atomic E-state index is 8.78. The number of likely N-dealkylation sites (N-methyl/N-ethyl adjacent to an activating group) is 1. The van der Waals surface area contributed by atoms with Gasteiger partial charge in [-0.15, -0.1) is 0 Å². The second-order valence-corrected chi connectivity index (χ2v) is 4.01. The minimum absolute atomic E-state index is 0.122. The normalized spacial score (nSPS) is 10.8. The van der Waals surface area contributed by atoms with Gasteiger partial charge in [0.15, 0.2) is 0 Å². The van der Waals surface area contributed by atoms with E-state index in [1.807, 2.05) is 24.1 Å². The topological polar surface area (TPSA) is 23.5 Å². The van der Waals surface area contributed by atoms with Crippen molar-refractivity contribution in [1.29, 1.82) is 0 Å². The van der Waals surface area contributed by atoms with Crippen LogP contribution in [0.2, 0.25) is 0 Å². The van der Waals surface area contributed by atoms with Gasteiger partial charge in [0, 0.05) is 11.0 Å². The molecule has 0 bridgehead atoms. The van der Waals surface area contributed by atoms with Gasteiger partial charge in [0.1, 0.15) is 0 Å². The van der Waals surface area contributed by atoms with Gasteiger partial charge in [0.2, 0.25) is 0 Å². The van der Waals surface area contributed by atoms with E-state index in [2.05, 4.69) is 28.1 Å². The summed E-state index contributed by atoms with van der Waals surface area (Å²) < 4.78 is 1.10. The van der Waals surface area contributed by atoms with Crippen LogP contribution in [0.25, 0.3) is 0 Å². The summed E-state index contributed by atoms with van der Waals surface area (Å²) in [4.78, 5) is 1.88. The Morgan fingerprint density at radius 2 is 1.92 bits per heavy atom. The van der Waals surface area contributed by atoms with E-state index in [0.29, 0.717) is 0 Å². The molecule has 13 heavy (non-hydrogen) atoms. The Kier molecular flexibility index (Phi) is 4.42. The average Bonchev–Trinajstić information content (AvgIpc) is 2.16. The molecule has 0 amide bonds. The lowest BCUT2D eigenvalue weighted by Gasteiger charge is -2.12. The summed E-state index contributed by atoms with van der Waals surface area (Å²) in [7, 11) is 1.90. The first-order valence-electron chi connectivity index (χ1n) is 4.26. The van der Waals surface area contributed by atoms with Crippen LogP contribution in [0.15, 0.2) is 28.7 Å². The number of benzene rings is 1. The predicted octanol–water partition coefficient (Wildman–Crippen LogP) is 1.87. The molecule has 0 aliphatic carbocycles. The molecular formula is C10H14BrNO. The number of hydrogen-bond donors (Lipinski definition) is 1. The van der Waals surface area contributed by atoms with E-state index in [9.17, 15) is 0 Å². The van der Waals surface area contributed by atoms with Gasteiger partial charge >= 0.3 is 0 Å². The fourth-order valence-electron chi connectivity index (χ4n) is 1.04. The number of halogens is 1. The minimum Gasteiger partial charge on any atom is -0.381 e. The Balaban J connectivity index is 2.41. The van der Waals surface area contributed by atoms with Crippen molar-refractivity contribution >= 4 is 15.9 Å². The van der Waals surface area contributed by atoms with E-state index in [0.717, 1.165) is 17.4 Å². The van der Waals surface area contributed by atoms with Crippen LogP contribution in [0.5, 0.6) is 0 Å². The van der Waals surface area contributed by atoms with Gasteiger partial charge in [-0.3, -0.25) is 4.90 Å². The molecule has 2 nitrogen and oxygen atoms in total. The molecule has 0 atom stereocenters. The lowest BCUT2D eigenvalue weighted by molar-refractivity contribution is 0.134. The number of aliphatic hydroxyl groups is 1. The molecule has 0 unspecified atom stereocenters. The molecule has 1 rings (SSSR count). The van der Waals surface area contributed by atoms with Crippen LogP contribution in [0.4, 0.5) is 0 Å². The van der Waals surface area contributed by atoms with Gasteiger partial charge in [0.25, 0.3) is 0 Å². The molecule has 0 heterocycles. The van der Waals surface area contributed by atoms with Crippen LogP contribution in [0.3, 0.4) is 0 Å². The fourth-order valence-corrected chi connectivity index (χ4v) is 1.31. The molecule has 1 N–H and O–H groups in total. The highest BCUT2D eigenvalue weighted by atomic mass is 79.9. The highest BCUT2D eigenvalue weighted by molar-refractivity contribution is 9.10. The van der Waals surface area contributed by atoms with Crippen LogP contribution < -0.4 is 0 Å². The molecule has 0 spiro atoms. The molecule has 0 aliphatic rings. The third-order valence-electron chi connectivity index (χ3n) is 1.94. The number of hydrogen-bond acceptors (Lipinski definition) is 2. The van der Waals surface area contributed by atoms with Crippen LogP contribution in [0, 0.1) is 0 Å². The van der Waals surface area contributed by atoms with E-state index < -0.39 is 0 Å². The van der Waals surface area contributed by atoms with Crippen molar-refractivity contribution in [3.63, 3.8) is 0 Å². The van der Waals surface area contributed by atoms with Crippen molar-refractivity contribution in [2.24, 2.45) is 0 Å². The lowest BCUT2D eigenvalue weighted by atomic mass is 10.1. The summed E-state index contributed by atoms with van der Waals surface area (Å²) in [6.45, 7) is 1.01. The molecule has 72 valence electrons. The summed E-state index contributed by atoms with van der Waals surface area (Å²) in [6.07, 6.45) is 0.977. The van der Waals surface area contributed by atoms with Gasteiger partial charge < -0.3 is 5.11 Å². The third kappa shape index (κ3) is 3.89. The summed E-state index contributed by atoms with van der Waals surface area (Å²) in [6, 6.07) is 8.26. The molecule has 0 aromatic heterocycles. The lowest BCUT2D eigenvalue weighted by Crippen LogP contribution is -2.21. The van der Waals surface area contributed by atoms with Crippen molar-refractivity contribution in [2.75, 3.05) is 20.3 Å². The smallest absolute Gasteiger partial charge is 0.0954 e. The molecule has 0 radical (unpaired) electrons. The minimum atomic E-state index is 0.122. The SMILES string of the molecule is CN(CO)CCc1ccc(Br)cc1.